The van der Waals surface area contributed by atoms with Crippen molar-refractivity contribution in [2.24, 2.45) is 5.41 Å². The summed E-state index contributed by atoms with van der Waals surface area (Å²) in [7, 11) is 0. The molecular formula is C7H11ClFmNO2-. The van der Waals surface area contributed by atoms with Gasteiger partial charge >= 0.3 is 0 Å². The van der Waals surface area contributed by atoms with E-state index in [1.807, 2.05) is 0 Å². The standard InChI is InChI=1S/C7H11ClNO2.Fm/c1-7(2,6(8)11)3-4-9-5-10;/h3-4H2,1-2H3,(H,9,10);/q-1;. The summed E-state index contributed by atoms with van der Waals surface area (Å²) in [5.41, 5.74) is -0.564. The minimum absolute atomic E-state index is 0. The van der Waals surface area contributed by atoms with Gasteiger partial charge in [0.05, 0.1) is 0 Å². The first kappa shape index (κ1) is 13.1. The van der Waals surface area contributed by atoms with Crippen LogP contribution in [0.25, 0.3) is 0 Å². The molecule has 0 fully saturated rings. The molecule has 12 heavy (non-hydrogen) atoms. The normalized spacial score (nSPS) is 9.92. The van der Waals surface area contributed by atoms with Crippen molar-refractivity contribution in [1.29, 1.82) is 0 Å². The maximum absolute atomic E-state index is 10.7. The Morgan fingerprint density at radius 1 is 1.58 bits per heavy atom. The summed E-state index contributed by atoms with van der Waals surface area (Å²) in [6.45, 7) is 3.89. The minimum Gasteiger partial charge on any atom is -0.530 e. The molecule has 0 spiro atoms. The van der Waals surface area contributed by atoms with Crippen molar-refractivity contribution in [1.82, 2.24) is 5.32 Å². The smallest absolute Gasteiger partial charge is 0.227 e. The Balaban J connectivity index is 0. The van der Waals surface area contributed by atoms with E-state index in [0.717, 1.165) is 0 Å². The Morgan fingerprint density at radius 3 is 2.42 bits per heavy atom. The Kier molecular flexibility index (Phi) is 5.58. The topological polar surface area (TPSA) is 46.2 Å². The second-order valence-corrected chi connectivity index (χ2v) is 3.28. The molecule has 0 aromatic rings. The molecule has 0 bridgehead atoms. The second kappa shape index (κ2) is 5.13. The monoisotopic (exact) mass is 433 g/mol. The van der Waals surface area contributed by atoms with E-state index in [2.05, 4.69) is 5.32 Å². The molecule has 0 atom stereocenters. The van der Waals surface area contributed by atoms with Crippen LogP contribution < -0.4 is 5.32 Å². The number of rotatable bonds is 5. The summed E-state index contributed by atoms with van der Waals surface area (Å²) in [6.07, 6.45) is 2.06. The maximum atomic E-state index is 10.7. The van der Waals surface area contributed by atoms with Gasteiger partial charge in [0.1, 0.15) is 0 Å². The SMILES string of the molecule is CC(C)(CCN[C-]=O)C(=O)Cl.[Fm]. The van der Waals surface area contributed by atoms with Gasteiger partial charge < -0.3 is 10.1 Å². The van der Waals surface area contributed by atoms with Crippen molar-refractivity contribution >= 4 is 23.3 Å². The zero-order chi connectivity index (χ0) is 8.91. The van der Waals surface area contributed by atoms with Crippen LogP contribution in [0.4, 0.5) is 0 Å². The molecule has 0 aliphatic carbocycles. The number of amides is 1. The van der Waals surface area contributed by atoms with Gasteiger partial charge in [-0.1, -0.05) is 13.8 Å². The van der Waals surface area contributed by atoms with Crippen molar-refractivity contribution in [2.75, 3.05) is 6.54 Å². The number of hydrogen-bond acceptors (Lipinski definition) is 2. The Morgan fingerprint density at radius 2 is 2.08 bits per heavy atom. The third-order valence-corrected chi connectivity index (χ3v) is 1.99. The fraction of sp³-hybridized carbons (Fsp3) is 0.714. The molecule has 3 nitrogen and oxygen atoms in total. The first-order valence-electron chi connectivity index (χ1n) is 3.30. The molecule has 0 radical (unpaired) electrons. The Labute approximate surface area is 71.1 Å². The van der Waals surface area contributed by atoms with Gasteiger partial charge in [-0.25, -0.2) is 0 Å². The Hall–Kier alpha value is -1.57. The number of halogens is 1. The van der Waals surface area contributed by atoms with Crippen LogP contribution in [-0.2, 0) is 9.59 Å². The van der Waals surface area contributed by atoms with Gasteiger partial charge in [0.2, 0.25) is 5.24 Å². The van der Waals surface area contributed by atoms with Crippen molar-refractivity contribution in [3.8, 4) is 0 Å². The van der Waals surface area contributed by atoms with Crippen LogP contribution in [-0.4, -0.2) is 18.2 Å². The van der Waals surface area contributed by atoms with Crippen LogP contribution in [0.3, 0.4) is 0 Å². The molecule has 0 aromatic carbocycles. The molecule has 0 aromatic heterocycles. The number of hydrogen-bond donors (Lipinski definition) is 1. The van der Waals surface area contributed by atoms with E-state index >= 15 is 0 Å². The average molecular weight is 434 g/mol. The van der Waals surface area contributed by atoms with Gasteiger partial charge in [-0.3, -0.25) is 4.79 Å². The number of nitrogens with one attached hydrogen (secondary N) is 1. The molecule has 5 heteroatoms. The van der Waals surface area contributed by atoms with Crippen molar-refractivity contribution in [2.45, 2.75) is 20.3 Å². The molecule has 0 aliphatic rings. The van der Waals surface area contributed by atoms with E-state index in [1.165, 1.54) is 6.41 Å². The van der Waals surface area contributed by atoms with Crippen LogP contribution in [0.1, 0.15) is 20.3 Å². The van der Waals surface area contributed by atoms with E-state index < -0.39 is 5.41 Å². The van der Waals surface area contributed by atoms with Gasteiger partial charge in [0.25, 0.3) is 0 Å². The van der Waals surface area contributed by atoms with Crippen LogP contribution in [0.2, 0.25) is 0 Å². The van der Waals surface area contributed by atoms with Crippen LogP contribution in [0.5, 0.6) is 0 Å². The molecule has 76 valence electrons. The third-order valence-electron chi connectivity index (χ3n) is 1.48. The van der Waals surface area contributed by atoms with Crippen molar-refractivity contribution in [3.05, 3.63) is 0 Å². The maximum Gasteiger partial charge on any atom is 0.227 e. The average Bonchev–Trinajstić information content (AvgIpc) is 1.88. The zero-order valence-corrected chi connectivity index (χ0v) is 10.1. The van der Waals surface area contributed by atoms with E-state index in [9.17, 15) is 9.59 Å². The first-order valence-corrected chi connectivity index (χ1v) is 3.68. The van der Waals surface area contributed by atoms with E-state index in [0.29, 0.717) is 13.0 Å². The number of carbonyl (C=O) groups excluding carboxylic acids is 2. The fourth-order valence-corrected chi connectivity index (χ4v) is 0.619. The van der Waals surface area contributed by atoms with Crippen LogP contribution in [0.15, 0.2) is 0 Å². The van der Waals surface area contributed by atoms with Gasteiger partial charge in [0, 0.05) is 5.41 Å². The predicted molar refractivity (Wildman–Crippen MR) is 43.0 cm³/mol. The molecule has 0 unspecified atom stereocenters. The largest absolute Gasteiger partial charge is 0.530 e. The molecule has 1 amide bonds. The van der Waals surface area contributed by atoms with Gasteiger partial charge in [-0.15, -0.1) is 0 Å². The predicted octanol–water partition coefficient (Wildman–Crippen LogP) is 0.825. The van der Waals surface area contributed by atoms with E-state index in [1.54, 1.807) is 13.8 Å². The third kappa shape index (κ3) is 4.28. The molecular weight excluding hydrogens is 423 g/mol. The quantitative estimate of drug-likeness (QED) is 0.302. The molecule has 0 saturated heterocycles. The van der Waals surface area contributed by atoms with Gasteiger partial charge in [-0.05, 0) is 24.6 Å². The summed E-state index contributed by atoms with van der Waals surface area (Å²) in [5.74, 6) is 0. The summed E-state index contributed by atoms with van der Waals surface area (Å²) in [6, 6.07) is 0. The molecule has 0 rings (SSSR count). The summed E-state index contributed by atoms with van der Waals surface area (Å²) in [5, 5.41) is 1.96. The summed E-state index contributed by atoms with van der Waals surface area (Å²) < 4.78 is 0. The van der Waals surface area contributed by atoms with Gasteiger partial charge in [0.15, 0.2) is 0 Å². The number of carbonyl (C=O) groups is 1. The zero-order valence-electron chi connectivity index (χ0n) is 6.90. The second-order valence-electron chi connectivity index (χ2n) is 2.94. The van der Waals surface area contributed by atoms with Gasteiger partial charge in [-0.2, -0.15) is 6.41 Å². The van der Waals surface area contributed by atoms with Crippen molar-refractivity contribution < 1.29 is 9.59 Å². The fourth-order valence-electron chi connectivity index (χ4n) is 0.524. The van der Waals surface area contributed by atoms with E-state index in [4.69, 9.17) is 11.6 Å². The molecule has 0 heterocycles. The van der Waals surface area contributed by atoms with E-state index in [-0.39, 0.29) is 5.24 Å². The molecule has 0 saturated carbocycles. The van der Waals surface area contributed by atoms with Crippen LogP contribution in [0, 0.1) is 5.41 Å². The molecule has 0 aliphatic heterocycles. The minimum atomic E-state index is -0.564. The van der Waals surface area contributed by atoms with Crippen molar-refractivity contribution in [3.63, 3.8) is 0 Å². The van der Waals surface area contributed by atoms with Crippen LogP contribution >= 0.6 is 11.6 Å². The summed E-state index contributed by atoms with van der Waals surface area (Å²) in [4.78, 5) is 20.4. The molecule has 1 N–H and O–H groups in total. The Bertz CT molecular complexity index is 161. The first-order chi connectivity index (χ1) is 5.00. The summed E-state index contributed by atoms with van der Waals surface area (Å²) >= 11 is 5.28.